The zero-order valence-corrected chi connectivity index (χ0v) is 14.6. The number of carbonyl (C=O) groups excluding carboxylic acids is 2. The second kappa shape index (κ2) is 7.97. The first-order chi connectivity index (χ1) is 12.2. The molecule has 0 unspecified atom stereocenters. The van der Waals surface area contributed by atoms with Gasteiger partial charge < -0.3 is 10.2 Å². The van der Waals surface area contributed by atoms with E-state index in [0.29, 0.717) is 17.8 Å². The van der Waals surface area contributed by atoms with E-state index in [4.69, 9.17) is 0 Å². The Kier molecular flexibility index (Phi) is 5.49. The van der Waals surface area contributed by atoms with E-state index in [1.165, 1.54) is 0 Å². The van der Waals surface area contributed by atoms with Crippen molar-refractivity contribution in [3.8, 4) is 0 Å². The number of benzene rings is 2. The quantitative estimate of drug-likeness (QED) is 0.875. The lowest BCUT2D eigenvalue weighted by Gasteiger charge is -2.23. The van der Waals surface area contributed by atoms with Crippen molar-refractivity contribution in [3.05, 3.63) is 60.2 Å². The van der Waals surface area contributed by atoms with E-state index in [1.54, 1.807) is 17.0 Å². The van der Waals surface area contributed by atoms with Crippen LogP contribution in [-0.4, -0.2) is 18.4 Å². The third kappa shape index (κ3) is 3.90. The van der Waals surface area contributed by atoms with Gasteiger partial charge in [0.05, 0.1) is 11.3 Å². The molecule has 1 saturated carbocycles. The van der Waals surface area contributed by atoms with Crippen LogP contribution in [0.3, 0.4) is 0 Å². The molecule has 2 aromatic carbocycles. The summed E-state index contributed by atoms with van der Waals surface area (Å²) in [6.07, 6.45) is 4.09. The minimum Gasteiger partial charge on any atom is -0.325 e. The predicted molar refractivity (Wildman–Crippen MR) is 101 cm³/mol. The van der Waals surface area contributed by atoms with Crippen LogP contribution in [0.15, 0.2) is 54.6 Å². The number of nitrogens with zero attached hydrogens (tertiary/aromatic N) is 1. The Balaban J connectivity index is 1.84. The number of hydrogen-bond donors (Lipinski definition) is 1. The van der Waals surface area contributed by atoms with Crippen LogP contribution in [0.25, 0.3) is 0 Å². The highest BCUT2D eigenvalue weighted by atomic mass is 16.2. The lowest BCUT2D eigenvalue weighted by Crippen LogP contribution is -2.32. The molecule has 2 aromatic rings. The lowest BCUT2D eigenvalue weighted by atomic mass is 10.1. The molecule has 1 aliphatic carbocycles. The molecule has 0 atom stereocenters. The van der Waals surface area contributed by atoms with E-state index in [9.17, 15) is 9.59 Å². The number of carbonyl (C=O) groups is 2. The molecule has 0 radical (unpaired) electrons. The van der Waals surface area contributed by atoms with Gasteiger partial charge >= 0.3 is 0 Å². The van der Waals surface area contributed by atoms with E-state index >= 15 is 0 Å². The molecule has 25 heavy (non-hydrogen) atoms. The summed E-state index contributed by atoms with van der Waals surface area (Å²) in [6, 6.07) is 16.9. The highest BCUT2D eigenvalue weighted by Crippen LogP contribution is 2.27. The highest BCUT2D eigenvalue weighted by molar-refractivity contribution is 6.11. The molecule has 2 amide bonds. The van der Waals surface area contributed by atoms with Crippen molar-refractivity contribution in [2.45, 2.75) is 32.6 Å². The molecule has 0 aliphatic heterocycles. The maximum atomic E-state index is 13.1. The summed E-state index contributed by atoms with van der Waals surface area (Å²) >= 11 is 0. The number of para-hydroxylation sites is 2. The molecule has 130 valence electrons. The Hall–Kier alpha value is -2.62. The molecule has 0 bridgehead atoms. The van der Waals surface area contributed by atoms with E-state index in [2.05, 4.69) is 5.32 Å². The zero-order valence-electron chi connectivity index (χ0n) is 14.6. The van der Waals surface area contributed by atoms with Gasteiger partial charge in [-0.1, -0.05) is 43.2 Å². The van der Waals surface area contributed by atoms with Crippen LogP contribution >= 0.6 is 0 Å². The number of amides is 2. The smallest absolute Gasteiger partial charge is 0.260 e. The van der Waals surface area contributed by atoms with E-state index in [-0.39, 0.29) is 17.7 Å². The standard InChI is InChI=1S/C21H24N2O2/c1-2-23(17-12-4-3-5-13-17)21(25)18-14-8-9-15-19(18)22-20(24)16-10-6-7-11-16/h3-5,8-9,12-16H,2,6-7,10-11H2,1H3,(H,22,24). The number of hydrogen-bond acceptors (Lipinski definition) is 2. The second-order valence-electron chi connectivity index (χ2n) is 6.40. The van der Waals surface area contributed by atoms with Crippen molar-refractivity contribution in [2.75, 3.05) is 16.8 Å². The SMILES string of the molecule is CCN(C(=O)c1ccccc1NC(=O)C1CCCC1)c1ccccc1. The van der Waals surface area contributed by atoms with Crippen molar-refractivity contribution < 1.29 is 9.59 Å². The Morgan fingerprint density at radius 1 is 1.00 bits per heavy atom. The van der Waals surface area contributed by atoms with Crippen LogP contribution in [0.2, 0.25) is 0 Å². The third-order valence-electron chi connectivity index (χ3n) is 4.77. The average molecular weight is 336 g/mol. The second-order valence-corrected chi connectivity index (χ2v) is 6.40. The number of rotatable bonds is 5. The number of anilines is 2. The van der Waals surface area contributed by atoms with Crippen molar-refractivity contribution in [1.29, 1.82) is 0 Å². The molecule has 0 saturated heterocycles. The normalized spacial score (nSPS) is 14.3. The minimum absolute atomic E-state index is 0.0282. The van der Waals surface area contributed by atoms with Crippen molar-refractivity contribution in [3.63, 3.8) is 0 Å². The Morgan fingerprint density at radius 2 is 1.64 bits per heavy atom. The van der Waals surface area contributed by atoms with Gasteiger partial charge in [0.25, 0.3) is 5.91 Å². The summed E-state index contributed by atoms with van der Waals surface area (Å²) in [5.41, 5.74) is 1.98. The summed E-state index contributed by atoms with van der Waals surface area (Å²) in [5, 5.41) is 2.98. The maximum Gasteiger partial charge on any atom is 0.260 e. The van der Waals surface area contributed by atoms with Crippen molar-refractivity contribution in [1.82, 2.24) is 0 Å². The maximum absolute atomic E-state index is 13.1. The van der Waals surface area contributed by atoms with E-state index in [0.717, 1.165) is 31.4 Å². The Labute approximate surface area is 148 Å². The van der Waals surface area contributed by atoms with E-state index < -0.39 is 0 Å². The average Bonchev–Trinajstić information content (AvgIpc) is 3.18. The first-order valence-electron chi connectivity index (χ1n) is 8.97. The van der Waals surface area contributed by atoms with Gasteiger partial charge in [-0.05, 0) is 44.0 Å². The first kappa shape index (κ1) is 17.2. The van der Waals surface area contributed by atoms with Crippen LogP contribution < -0.4 is 10.2 Å². The van der Waals surface area contributed by atoms with Gasteiger partial charge in [0, 0.05) is 18.2 Å². The molecule has 1 aliphatic rings. The van der Waals surface area contributed by atoms with Crippen LogP contribution in [-0.2, 0) is 4.79 Å². The fourth-order valence-electron chi connectivity index (χ4n) is 3.40. The molecule has 1 N–H and O–H groups in total. The third-order valence-corrected chi connectivity index (χ3v) is 4.77. The van der Waals surface area contributed by atoms with Crippen molar-refractivity contribution in [2.24, 2.45) is 5.92 Å². The molecule has 0 spiro atoms. The van der Waals surface area contributed by atoms with Crippen LogP contribution in [0.5, 0.6) is 0 Å². The van der Waals surface area contributed by atoms with Gasteiger partial charge in [0.2, 0.25) is 5.91 Å². The monoisotopic (exact) mass is 336 g/mol. The molecule has 1 fully saturated rings. The highest BCUT2D eigenvalue weighted by Gasteiger charge is 2.25. The predicted octanol–water partition coefficient (Wildman–Crippen LogP) is 4.48. The molecule has 4 heteroatoms. The van der Waals surface area contributed by atoms with Gasteiger partial charge in [-0.2, -0.15) is 0 Å². The molecule has 0 aromatic heterocycles. The Morgan fingerprint density at radius 3 is 2.32 bits per heavy atom. The molecule has 3 rings (SSSR count). The van der Waals surface area contributed by atoms with Crippen LogP contribution in [0.4, 0.5) is 11.4 Å². The van der Waals surface area contributed by atoms with E-state index in [1.807, 2.05) is 49.4 Å². The topological polar surface area (TPSA) is 49.4 Å². The van der Waals surface area contributed by atoms with Gasteiger partial charge in [-0.25, -0.2) is 0 Å². The Bertz CT molecular complexity index is 737. The van der Waals surface area contributed by atoms with Gasteiger partial charge in [-0.3, -0.25) is 9.59 Å². The fourth-order valence-corrected chi connectivity index (χ4v) is 3.40. The summed E-state index contributed by atoms with van der Waals surface area (Å²) < 4.78 is 0. The summed E-state index contributed by atoms with van der Waals surface area (Å²) in [5.74, 6) is -0.00362. The van der Waals surface area contributed by atoms with Gasteiger partial charge in [0.1, 0.15) is 0 Å². The van der Waals surface area contributed by atoms with Crippen LogP contribution in [0, 0.1) is 5.92 Å². The lowest BCUT2D eigenvalue weighted by molar-refractivity contribution is -0.119. The summed E-state index contributed by atoms with van der Waals surface area (Å²) in [4.78, 5) is 27.3. The molecular formula is C21H24N2O2. The van der Waals surface area contributed by atoms with Gasteiger partial charge in [-0.15, -0.1) is 0 Å². The fraction of sp³-hybridized carbons (Fsp3) is 0.333. The summed E-state index contributed by atoms with van der Waals surface area (Å²) in [6.45, 7) is 2.51. The first-order valence-corrected chi connectivity index (χ1v) is 8.97. The van der Waals surface area contributed by atoms with Crippen molar-refractivity contribution >= 4 is 23.2 Å². The summed E-state index contributed by atoms with van der Waals surface area (Å²) in [7, 11) is 0. The largest absolute Gasteiger partial charge is 0.325 e. The number of nitrogens with one attached hydrogen (secondary N) is 1. The minimum atomic E-state index is -0.101. The van der Waals surface area contributed by atoms with Crippen LogP contribution in [0.1, 0.15) is 43.0 Å². The molecule has 4 nitrogen and oxygen atoms in total. The zero-order chi connectivity index (χ0) is 17.6. The molecular weight excluding hydrogens is 312 g/mol. The molecule has 0 heterocycles. The van der Waals surface area contributed by atoms with Gasteiger partial charge in [0.15, 0.2) is 0 Å².